The lowest BCUT2D eigenvalue weighted by molar-refractivity contribution is -0.123. The summed E-state index contributed by atoms with van der Waals surface area (Å²) in [5.41, 5.74) is 0.0320. The van der Waals surface area contributed by atoms with E-state index in [0.29, 0.717) is 12.1 Å². The molecule has 1 saturated carbocycles. The molecule has 0 unspecified atom stereocenters. The van der Waals surface area contributed by atoms with E-state index in [1.165, 1.54) is 12.1 Å². The van der Waals surface area contributed by atoms with Gasteiger partial charge in [0, 0.05) is 18.0 Å². The molecule has 2 N–H and O–H groups in total. The first-order chi connectivity index (χ1) is 9.84. The fourth-order valence-electron chi connectivity index (χ4n) is 2.38. The quantitative estimate of drug-likeness (QED) is 0.847. The van der Waals surface area contributed by atoms with Crippen molar-refractivity contribution in [1.82, 2.24) is 5.32 Å². The Bertz CT molecular complexity index is 527. The third-order valence-electron chi connectivity index (χ3n) is 4.14. The van der Waals surface area contributed by atoms with Gasteiger partial charge in [0.25, 0.3) is 0 Å². The van der Waals surface area contributed by atoms with Crippen molar-refractivity contribution in [2.75, 3.05) is 6.54 Å². The molecule has 0 aromatic heterocycles. The lowest BCUT2D eigenvalue weighted by atomic mass is 9.95. The Hall–Kier alpha value is -1.49. The van der Waals surface area contributed by atoms with E-state index in [4.69, 9.17) is 0 Å². The van der Waals surface area contributed by atoms with Crippen molar-refractivity contribution in [2.45, 2.75) is 44.6 Å². The normalized spacial score (nSPS) is 17.6. The molecule has 1 aromatic rings. The number of carbonyl (C=O) groups is 1. The first-order valence-electron chi connectivity index (χ1n) is 7.24. The predicted molar refractivity (Wildman–Crippen MR) is 75.7 cm³/mol. The third-order valence-corrected chi connectivity index (χ3v) is 4.14. The van der Waals surface area contributed by atoms with E-state index < -0.39 is 23.2 Å². The second-order valence-electron chi connectivity index (χ2n) is 6.20. The van der Waals surface area contributed by atoms with E-state index in [1.807, 2.05) is 13.8 Å². The topological polar surface area (TPSA) is 49.3 Å². The highest BCUT2D eigenvalue weighted by Crippen LogP contribution is 2.48. The number of aliphatic hydroxyl groups excluding tert-OH is 1. The van der Waals surface area contributed by atoms with Crippen molar-refractivity contribution in [3.8, 4) is 0 Å². The van der Waals surface area contributed by atoms with Crippen LogP contribution in [0.2, 0.25) is 0 Å². The van der Waals surface area contributed by atoms with Gasteiger partial charge in [-0.2, -0.15) is 0 Å². The molecule has 0 bridgehead atoms. The summed E-state index contributed by atoms with van der Waals surface area (Å²) in [5, 5.41) is 12.4. The number of benzene rings is 1. The van der Waals surface area contributed by atoms with Crippen LogP contribution in [0, 0.1) is 17.6 Å². The third kappa shape index (κ3) is 3.79. The lowest BCUT2D eigenvalue weighted by Crippen LogP contribution is -2.35. The monoisotopic (exact) mass is 297 g/mol. The van der Waals surface area contributed by atoms with E-state index >= 15 is 0 Å². The summed E-state index contributed by atoms with van der Waals surface area (Å²) in [4.78, 5) is 11.8. The van der Waals surface area contributed by atoms with Crippen LogP contribution in [0.3, 0.4) is 0 Å². The molecule has 0 radical (unpaired) electrons. The lowest BCUT2D eigenvalue weighted by Gasteiger charge is -2.19. The van der Waals surface area contributed by atoms with Crippen LogP contribution in [0.25, 0.3) is 0 Å². The summed E-state index contributed by atoms with van der Waals surface area (Å²) < 4.78 is 26.8. The zero-order valence-electron chi connectivity index (χ0n) is 12.3. The Morgan fingerprint density at radius 2 is 2.05 bits per heavy atom. The van der Waals surface area contributed by atoms with Crippen LogP contribution in [0.1, 0.15) is 38.7 Å². The molecule has 116 valence electrons. The van der Waals surface area contributed by atoms with Gasteiger partial charge in [0.15, 0.2) is 0 Å². The minimum atomic E-state index is -0.678. The molecule has 2 rings (SSSR count). The average Bonchev–Trinajstić information content (AvgIpc) is 3.17. The van der Waals surface area contributed by atoms with Gasteiger partial charge in [0.05, 0.1) is 12.5 Å². The van der Waals surface area contributed by atoms with Crippen LogP contribution in [0.4, 0.5) is 8.78 Å². The minimum Gasteiger partial charge on any atom is -0.392 e. The van der Waals surface area contributed by atoms with Gasteiger partial charge in [-0.05, 0) is 30.4 Å². The number of hydrogen-bond acceptors (Lipinski definition) is 2. The van der Waals surface area contributed by atoms with E-state index in [-0.39, 0.29) is 18.2 Å². The van der Waals surface area contributed by atoms with Gasteiger partial charge >= 0.3 is 0 Å². The van der Waals surface area contributed by atoms with Gasteiger partial charge in [-0.1, -0.05) is 19.9 Å². The minimum absolute atomic E-state index is 0.0141. The summed E-state index contributed by atoms with van der Waals surface area (Å²) in [6.07, 6.45) is 0.896. The second kappa shape index (κ2) is 6.10. The van der Waals surface area contributed by atoms with Crippen LogP contribution in [0.15, 0.2) is 18.2 Å². The van der Waals surface area contributed by atoms with Crippen molar-refractivity contribution >= 4 is 5.91 Å². The molecule has 21 heavy (non-hydrogen) atoms. The van der Waals surface area contributed by atoms with Crippen LogP contribution in [-0.2, 0) is 10.2 Å². The maximum Gasteiger partial charge on any atom is 0.222 e. The Kier molecular flexibility index (Phi) is 4.61. The van der Waals surface area contributed by atoms with E-state index in [0.717, 1.165) is 18.9 Å². The molecule has 0 spiro atoms. The highest BCUT2D eigenvalue weighted by Gasteiger charge is 2.46. The molecule has 1 atom stereocenters. The van der Waals surface area contributed by atoms with Crippen LogP contribution in [-0.4, -0.2) is 23.7 Å². The molecule has 1 fully saturated rings. The van der Waals surface area contributed by atoms with Crippen LogP contribution >= 0.6 is 0 Å². The summed E-state index contributed by atoms with van der Waals surface area (Å²) in [7, 11) is 0. The smallest absolute Gasteiger partial charge is 0.222 e. The number of amides is 1. The predicted octanol–water partition coefficient (Wildman–Crippen LogP) is 2.52. The SMILES string of the molecule is CC(C)[C@H](O)CC(=O)NCC1(c2ccc(F)cc2F)CC1. The average molecular weight is 297 g/mol. The molecule has 1 aromatic carbocycles. The molecule has 1 aliphatic carbocycles. The number of hydrogen-bond donors (Lipinski definition) is 2. The van der Waals surface area contributed by atoms with Gasteiger partial charge in [0.1, 0.15) is 11.6 Å². The van der Waals surface area contributed by atoms with Crippen molar-refractivity contribution < 1.29 is 18.7 Å². The highest BCUT2D eigenvalue weighted by molar-refractivity contribution is 5.76. The van der Waals surface area contributed by atoms with Crippen molar-refractivity contribution in [1.29, 1.82) is 0 Å². The summed E-state index contributed by atoms with van der Waals surface area (Å²) in [6, 6.07) is 3.56. The summed E-state index contributed by atoms with van der Waals surface area (Å²) in [5.74, 6) is -1.40. The standard InChI is InChI=1S/C16H21F2NO2/c1-10(2)14(20)8-15(21)19-9-16(5-6-16)12-4-3-11(17)7-13(12)18/h3-4,7,10,14,20H,5-6,8-9H2,1-2H3,(H,19,21)/t14-/m1/s1. The van der Waals surface area contributed by atoms with Crippen LogP contribution < -0.4 is 5.32 Å². The fraction of sp³-hybridized carbons (Fsp3) is 0.562. The first kappa shape index (κ1) is 15.9. The maximum atomic E-state index is 13.8. The molecule has 0 saturated heterocycles. The van der Waals surface area contributed by atoms with Crippen molar-refractivity contribution in [3.05, 3.63) is 35.4 Å². The molecule has 0 heterocycles. The van der Waals surface area contributed by atoms with Crippen molar-refractivity contribution in [3.63, 3.8) is 0 Å². The van der Waals surface area contributed by atoms with Gasteiger partial charge in [-0.25, -0.2) is 8.78 Å². The maximum absolute atomic E-state index is 13.8. The molecular formula is C16H21F2NO2. The number of halogens is 2. The highest BCUT2D eigenvalue weighted by atomic mass is 19.1. The molecule has 3 nitrogen and oxygen atoms in total. The Balaban J connectivity index is 1.95. The largest absolute Gasteiger partial charge is 0.392 e. The molecular weight excluding hydrogens is 276 g/mol. The summed E-state index contributed by atoms with van der Waals surface area (Å²) in [6.45, 7) is 4.00. The van der Waals surface area contributed by atoms with Crippen molar-refractivity contribution in [2.24, 2.45) is 5.92 Å². The van der Waals surface area contributed by atoms with E-state index in [9.17, 15) is 18.7 Å². The molecule has 5 heteroatoms. The Morgan fingerprint density at radius 3 is 2.57 bits per heavy atom. The number of rotatable bonds is 6. The first-order valence-corrected chi connectivity index (χ1v) is 7.24. The van der Waals surface area contributed by atoms with E-state index in [1.54, 1.807) is 0 Å². The van der Waals surface area contributed by atoms with Gasteiger partial charge in [0.2, 0.25) is 5.91 Å². The Labute approximate surface area is 123 Å². The van der Waals surface area contributed by atoms with Gasteiger partial charge in [-0.15, -0.1) is 0 Å². The number of carbonyl (C=O) groups excluding carboxylic acids is 1. The fourth-order valence-corrected chi connectivity index (χ4v) is 2.38. The summed E-state index contributed by atoms with van der Waals surface area (Å²) >= 11 is 0. The number of nitrogens with one attached hydrogen (secondary N) is 1. The molecule has 1 aliphatic rings. The zero-order valence-corrected chi connectivity index (χ0v) is 12.3. The van der Waals surface area contributed by atoms with E-state index in [2.05, 4.69) is 5.32 Å². The zero-order chi connectivity index (χ0) is 15.6. The Morgan fingerprint density at radius 1 is 1.38 bits per heavy atom. The van der Waals surface area contributed by atoms with Gasteiger partial charge in [-0.3, -0.25) is 4.79 Å². The van der Waals surface area contributed by atoms with Crippen LogP contribution in [0.5, 0.6) is 0 Å². The molecule has 0 aliphatic heterocycles. The molecule has 1 amide bonds. The van der Waals surface area contributed by atoms with Gasteiger partial charge < -0.3 is 10.4 Å². The second-order valence-corrected chi connectivity index (χ2v) is 6.20. The number of aliphatic hydroxyl groups is 1.